The molecule has 0 saturated heterocycles. The number of amides is 2. The van der Waals surface area contributed by atoms with E-state index in [2.05, 4.69) is 16.9 Å². The van der Waals surface area contributed by atoms with Crippen LogP contribution < -0.4 is 16.6 Å². The van der Waals surface area contributed by atoms with E-state index in [4.69, 9.17) is 10.2 Å². The van der Waals surface area contributed by atoms with Crippen molar-refractivity contribution in [1.82, 2.24) is 9.55 Å². The number of thiophene rings is 2. The molecule has 4 aromatic heterocycles. The van der Waals surface area contributed by atoms with E-state index >= 15 is 0 Å². The first-order chi connectivity index (χ1) is 15.0. The van der Waals surface area contributed by atoms with E-state index in [9.17, 15) is 14.4 Å². The first kappa shape index (κ1) is 21.1. The summed E-state index contributed by atoms with van der Waals surface area (Å²) >= 11 is 3.68. The van der Waals surface area contributed by atoms with Crippen LogP contribution in [-0.2, 0) is 11.3 Å². The van der Waals surface area contributed by atoms with Crippen LogP contribution in [-0.4, -0.2) is 27.1 Å². The average molecular weight is 473 g/mol. The number of aromatic nitrogens is 2. The summed E-state index contributed by atoms with van der Waals surface area (Å²) in [4.78, 5) is 42.2. The van der Waals surface area contributed by atoms with Crippen molar-refractivity contribution in [2.75, 3.05) is 11.1 Å². The van der Waals surface area contributed by atoms with Gasteiger partial charge in [-0.25, -0.2) is 4.98 Å². The number of primary amides is 1. The molecular formula is C20H16N4O4S3. The van der Waals surface area contributed by atoms with E-state index in [0.29, 0.717) is 31.7 Å². The topological polar surface area (TPSA) is 120 Å². The fourth-order valence-electron chi connectivity index (χ4n) is 2.91. The van der Waals surface area contributed by atoms with Crippen LogP contribution in [0.5, 0.6) is 0 Å². The minimum Gasteiger partial charge on any atom is -0.464 e. The van der Waals surface area contributed by atoms with Crippen molar-refractivity contribution in [3.8, 4) is 11.3 Å². The lowest BCUT2D eigenvalue weighted by Crippen LogP contribution is -2.23. The van der Waals surface area contributed by atoms with Crippen molar-refractivity contribution in [2.45, 2.75) is 11.7 Å². The van der Waals surface area contributed by atoms with E-state index < -0.39 is 5.91 Å². The summed E-state index contributed by atoms with van der Waals surface area (Å²) in [6, 6.07) is 5.10. The van der Waals surface area contributed by atoms with E-state index in [-0.39, 0.29) is 29.3 Å². The van der Waals surface area contributed by atoms with Crippen molar-refractivity contribution in [3.63, 3.8) is 0 Å². The summed E-state index contributed by atoms with van der Waals surface area (Å²) in [5.41, 5.74) is 6.03. The Morgan fingerprint density at radius 3 is 2.90 bits per heavy atom. The van der Waals surface area contributed by atoms with E-state index in [1.54, 1.807) is 35.9 Å². The third-order valence-electron chi connectivity index (χ3n) is 4.27. The average Bonchev–Trinajstić information content (AvgIpc) is 3.48. The van der Waals surface area contributed by atoms with Gasteiger partial charge < -0.3 is 15.5 Å². The molecule has 0 unspecified atom stereocenters. The molecule has 4 heterocycles. The molecule has 158 valence electrons. The van der Waals surface area contributed by atoms with Crippen LogP contribution in [0, 0.1) is 0 Å². The number of nitrogens with zero attached hydrogens (tertiary/aromatic N) is 2. The lowest BCUT2D eigenvalue weighted by molar-refractivity contribution is -0.113. The van der Waals surface area contributed by atoms with E-state index in [0.717, 1.165) is 11.8 Å². The Kier molecular flexibility index (Phi) is 6.07. The minimum atomic E-state index is -0.610. The van der Waals surface area contributed by atoms with E-state index in [1.807, 2.05) is 5.38 Å². The highest BCUT2D eigenvalue weighted by Gasteiger charge is 2.19. The van der Waals surface area contributed by atoms with Gasteiger partial charge in [0, 0.05) is 17.5 Å². The van der Waals surface area contributed by atoms with Crippen molar-refractivity contribution in [2.24, 2.45) is 5.73 Å². The van der Waals surface area contributed by atoms with Gasteiger partial charge in [0.05, 0.1) is 23.0 Å². The molecule has 8 nitrogen and oxygen atoms in total. The molecule has 0 saturated carbocycles. The number of carbonyl (C=O) groups is 2. The quantitative estimate of drug-likeness (QED) is 0.229. The summed E-state index contributed by atoms with van der Waals surface area (Å²) < 4.78 is 6.93. The summed E-state index contributed by atoms with van der Waals surface area (Å²) in [6.45, 7) is 3.96. The molecule has 0 radical (unpaired) electrons. The van der Waals surface area contributed by atoms with Gasteiger partial charge in [-0.3, -0.25) is 19.0 Å². The van der Waals surface area contributed by atoms with Crippen LogP contribution in [0.15, 0.2) is 62.2 Å². The van der Waals surface area contributed by atoms with Crippen LogP contribution in [0.3, 0.4) is 0 Å². The SMILES string of the molecule is C=CCn1c(SCC(=O)Nc2sccc2C(N)=O)nc2scc(-c3ccco3)c2c1=O. The molecule has 0 spiro atoms. The van der Waals surface area contributed by atoms with Gasteiger partial charge >= 0.3 is 0 Å². The number of fused-ring (bicyclic) bond motifs is 1. The second-order valence-corrected chi connectivity index (χ2v) is 8.99. The Balaban J connectivity index is 1.61. The fourth-order valence-corrected chi connectivity index (χ4v) is 5.50. The maximum Gasteiger partial charge on any atom is 0.263 e. The molecular weight excluding hydrogens is 456 g/mol. The molecule has 3 N–H and O–H groups in total. The standard InChI is InChI=1S/C20H16N4O4S3/c1-2-6-24-19(27)15-12(13-4-3-7-28-13)9-30-18(15)23-20(24)31-10-14(25)22-17-11(16(21)26)5-8-29-17/h2-5,7-9H,1,6,10H2,(H2,21,26)(H,22,25). The van der Waals surface area contributed by atoms with Crippen molar-refractivity contribution >= 4 is 61.5 Å². The predicted molar refractivity (Wildman–Crippen MR) is 124 cm³/mol. The maximum absolute atomic E-state index is 13.2. The minimum absolute atomic E-state index is 0.00159. The van der Waals surface area contributed by atoms with Gasteiger partial charge in [0.1, 0.15) is 15.6 Å². The third kappa shape index (κ3) is 4.20. The van der Waals surface area contributed by atoms with Crippen LogP contribution in [0.1, 0.15) is 10.4 Å². The lowest BCUT2D eigenvalue weighted by atomic mass is 10.2. The number of anilines is 1. The Bertz CT molecular complexity index is 1330. The number of carbonyl (C=O) groups excluding carboxylic acids is 2. The summed E-state index contributed by atoms with van der Waals surface area (Å²) in [6.07, 6.45) is 3.15. The summed E-state index contributed by atoms with van der Waals surface area (Å²) in [5.74, 6) is -0.351. The highest BCUT2D eigenvalue weighted by molar-refractivity contribution is 7.99. The van der Waals surface area contributed by atoms with Gasteiger partial charge in [-0.2, -0.15) is 0 Å². The number of allylic oxidation sites excluding steroid dienone is 1. The first-order valence-electron chi connectivity index (χ1n) is 8.96. The van der Waals surface area contributed by atoms with E-state index in [1.165, 1.54) is 27.2 Å². The fraction of sp³-hybridized carbons (Fsp3) is 0.100. The van der Waals surface area contributed by atoms with Gasteiger partial charge in [0.15, 0.2) is 5.16 Å². The highest BCUT2D eigenvalue weighted by atomic mass is 32.2. The maximum atomic E-state index is 13.2. The van der Waals surface area contributed by atoms with Crippen LogP contribution in [0.25, 0.3) is 21.5 Å². The first-order valence-corrected chi connectivity index (χ1v) is 11.7. The van der Waals surface area contributed by atoms with Crippen LogP contribution in [0.4, 0.5) is 5.00 Å². The molecule has 31 heavy (non-hydrogen) atoms. The molecule has 0 atom stereocenters. The molecule has 11 heteroatoms. The zero-order valence-electron chi connectivity index (χ0n) is 16.0. The van der Waals surface area contributed by atoms with Crippen molar-refractivity contribution < 1.29 is 14.0 Å². The zero-order valence-corrected chi connectivity index (χ0v) is 18.4. The predicted octanol–water partition coefficient (Wildman–Crippen LogP) is 3.80. The second-order valence-electron chi connectivity index (χ2n) is 6.27. The zero-order chi connectivity index (χ0) is 22.0. The number of hydrogen-bond donors (Lipinski definition) is 2. The normalized spacial score (nSPS) is 11.0. The number of thioether (sulfide) groups is 1. The lowest BCUT2D eigenvalue weighted by Gasteiger charge is -2.10. The van der Waals surface area contributed by atoms with Crippen molar-refractivity contribution in [3.05, 3.63) is 63.8 Å². The number of nitrogens with one attached hydrogen (secondary N) is 1. The number of furan rings is 1. The third-order valence-corrected chi connectivity index (χ3v) is 6.95. The molecule has 0 aliphatic rings. The molecule has 2 amide bonds. The van der Waals surface area contributed by atoms with Gasteiger partial charge in [-0.05, 0) is 23.6 Å². The van der Waals surface area contributed by atoms with Gasteiger partial charge in [0.25, 0.3) is 11.5 Å². The second kappa shape index (κ2) is 8.92. The number of hydrogen-bond acceptors (Lipinski definition) is 8. The smallest absolute Gasteiger partial charge is 0.263 e. The largest absolute Gasteiger partial charge is 0.464 e. The Morgan fingerprint density at radius 2 is 2.19 bits per heavy atom. The number of nitrogens with two attached hydrogens (primary N) is 1. The summed E-state index contributed by atoms with van der Waals surface area (Å²) in [7, 11) is 0. The Hall–Kier alpha value is -3.15. The van der Waals surface area contributed by atoms with Crippen molar-refractivity contribution in [1.29, 1.82) is 0 Å². The molecule has 0 aliphatic carbocycles. The van der Waals surface area contributed by atoms with Crippen LogP contribution in [0.2, 0.25) is 0 Å². The Morgan fingerprint density at radius 1 is 1.35 bits per heavy atom. The molecule has 0 bridgehead atoms. The van der Waals surface area contributed by atoms with Gasteiger partial charge in [0.2, 0.25) is 5.91 Å². The van der Waals surface area contributed by atoms with Crippen LogP contribution >= 0.6 is 34.4 Å². The summed E-state index contributed by atoms with van der Waals surface area (Å²) in [5, 5.41) is 7.46. The molecule has 4 rings (SSSR count). The Labute approximate surface area is 188 Å². The monoisotopic (exact) mass is 472 g/mol. The highest BCUT2D eigenvalue weighted by Crippen LogP contribution is 2.32. The molecule has 0 aromatic carbocycles. The molecule has 0 aliphatic heterocycles. The number of rotatable bonds is 8. The van der Waals surface area contributed by atoms with Gasteiger partial charge in [-0.15, -0.1) is 29.3 Å². The molecule has 4 aromatic rings. The van der Waals surface area contributed by atoms with Gasteiger partial charge in [-0.1, -0.05) is 17.8 Å². The molecule has 0 fully saturated rings.